The van der Waals surface area contributed by atoms with Gasteiger partial charge in [-0.3, -0.25) is 4.79 Å². The third kappa shape index (κ3) is 2.14. The molecule has 0 spiro atoms. The largest absolute Gasteiger partial charge is 0.338 e. The SMILES string of the molecule is CC1CN(C(=O)c2ccccc2Br)CC1C. The van der Waals surface area contributed by atoms with Crippen LogP contribution in [0.1, 0.15) is 24.2 Å². The van der Waals surface area contributed by atoms with Crippen LogP contribution >= 0.6 is 15.9 Å². The Hall–Kier alpha value is -0.830. The number of nitrogens with zero attached hydrogens (tertiary/aromatic N) is 1. The lowest BCUT2D eigenvalue weighted by atomic mass is 10.0. The molecule has 0 N–H and O–H groups in total. The molecule has 1 heterocycles. The van der Waals surface area contributed by atoms with Crippen molar-refractivity contribution in [1.29, 1.82) is 0 Å². The summed E-state index contributed by atoms with van der Waals surface area (Å²) in [6.07, 6.45) is 0. The van der Waals surface area contributed by atoms with Crippen LogP contribution in [-0.4, -0.2) is 23.9 Å². The summed E-state index contributed by atoms with van der Waals surface area (Å²) in [6.45, 7) is 6.17. The Balaban J connectivity index is 2.18. The monoisotopic (exact) mass is 281 g/mol. The summed E-state index contributed by atoms with van der Waals surface area (Å²) in [4.78, 5) is 14.2. The van der Waals surface area contributed by atoms with Gasteiger partial charge in [0.15, 0.2) is 0 Å². The highest BCUT2D eigenvalue weighted by atomic mass is 79.9. The average Bonchev–Trinajstić information content (AvgIpc) is 2.59. The first-order valence-electron chi connectivity index (χ1n) is 5.63. The standard InChI is InChI=1S/C13H16BrNO/c1-9-7-15(8-10(9)2)13(16)11-5-3-4-6-12(11)14/h3-6,9-10H,7-8H2,1-2H3. The van der Waals surface area contributed by atoms with Crippen molar-refractivity contribution in [2.24, 2.45) is 11.8 Å². The molecule has 0 aliphatic carbocycles. The summed E-state index contributed by atoms with van der Waals surface area (Å²) in [7, 11) is 0. The maximum Gasteiger partial charge on any atom is 0.255 e. The first-order valence-corrected chi connectivity index (χ1v) is 6.42. The van der Waals surface area contributed by atoms with Crippen LogP contribution in [0.4, 0.5) is 0 Å². The van der Waals surface area contributed by atoms with Gasteiger partial charge in [0.2, 0.25) is 0 Å². The molecule has 0 radical (unpaired) electrons. The molecule has 1 aliphatic heterocycles. The van der Waals surface area contributed by atoms with Crippen molar-refractivity contribution in [3.05, 3.63) is 34.3 Å². The highest BCUT2D eigenvalue weighted by Crippen LogP contribution is 2.25. The Morgan fingerprint density at radius 2 is 1.81 bits per heavy atom. The molecule has 2 nitrogen and oxygen atoms in total. The summed E-state index contributed by atoms with van der Waals surface area (Å²) >= 11 is 3.43. The van der Waals surface area contributed by atoms with E-state index in [2.05, 4.69) is 29.8 Å². The topological polar surface area (TPSA) is 20.3 Å². The third-order valence-electron chi connectivity index (χ3n) is 3.38. The number of carbonyl (C=O) groups is 1. The third-order valence-corrected chi connectivity index (χ3v) is 4.07. The molecule has 1 fully saturated rings. The molecular weight excluding hydrogens is 266 g/mol. The van der Waals surface area contributed by atoms with E-state index < -0.39 is 0 Å². The minimum Gasteiger partial charge on any atom is -0.338 e. The fraction of sp³-hybridized carbons (Fsp3) is 0.462. The molecule has 1 aromatic carbocycles. The predicted octanol–water partition coefficient (Wildman–Crippen LogP) is 3.18. The zero-order valence-electron chi connectivity index (χ0n) is 9.61. The van der Waals surface area contributed by atoms with Crippen molar-refractivity contribution < 1.29 is 4.79 Å². The zero-order chi connectivity index (χ0) is 11.7. The molecule has 2 unspecified atom stereocenters. The molecule has 1 amide bonds. The number of halogens is 1. The van der Waals surface area contributed by atoms with Crippen LogP contribution in [0.2, 0.25) is 0 Å². The van der Waals surface area contributed by atoms with Gasteiger partial charge in [0.05, 0.1) is 5.56 Å². The molecule has 86 valence electrons. The molecule has 3 heteroatoms. The Labute approximate surface area is 105 Å². The molecule has 1 aromatic rings. The maximum atomic E-state index is 12.3. The van der Waals surface area contributed by atoms with Gasteiger partial charge < -0.3 is 4.90 Å². The number of rotatable bonds is 1. The van der Waals surface area contributed by atoms with Gasteiger partial charge >= 0.3 is 0 Å². The van der Waals surface area contributed by atoms with Crippen molar-refractivity contribution in [2.75, 3.05) is 13.1 Å². The van der Waals surface area contributed by atoms with E-state index in [1.54, 1.807) is 0 Å². The van der Waals surface area contributed by atoms with E-state index in [4.69, 9.17) is 0 Å². The minimum atomic E-state index is 0.142. The van der Waals surface area contributed by atoms with E-state index in [-0.39, 0.29) is 5.91 Å². The molecule has 0 saturated carbocycles. The van der Waals surface area contributed by atoms with Crippen molar-refractivity contribution in [3.63, 3.8) is 0 Å². The van der Waals surface area contributed by atoms with E-state index in [1.807, 2.05) is 29.2 Å². The fourth-order valence-electron chi connectivity index (χ4n) is 2.10. The van der Waals surface area contributed by atoms with Gasteiger partial charge in [0.1, 0.15) is 0 Å². The second kappa shape index (κ2) is 4.58. The first kappa shape index (κ1) is 11.6. The van der Waals surface area contributed by atoms with Crippen LogP contribution in [0.15, 0.2) is 28.7 Å². The fourth-order valence-corrected chi connectivity index (χ4v) is 2.55. The molecule has 0 aromatic heterocycles. The Kier molecular flexibility index (Phi) is 3.33. The molecule has 1 saturated heterocycles. The van der Waals surface area contributed by atoms with Crippen LogP contribution in [0.25, 0.3) is 0 Å². The van der Waals surface area contributed by atoms with Crippen LogP contribution in [0, 0.1) is 11.8 Å². The molecule has 0 bridgehead atoms. The van der Waals surface area contributed by atoms with Gasteiger partial charge in [-0.2, -0.15) is 0 Å². The van der Waals surface area contributed by atoms with Crippen LogP contribution in [-0.2, 0) is 0 Å². The summed E-state index contributed by atoms with van der Waals surface area (Å²) in [5.41, 5.74) is 0.767. The molecule has 16 heavy (non-hydrogen) atoms. The van der Waals surface area contributed by atoms with Gasteiger partial charge in [0, 0.05) is 17.6 Å². The van der Waals surface area contributed by atoms with Crippen molar-refractivity contribution in [3.8, 4) is 0 Å². The van der Waals surface area contributed by atoms with Gasteiger partial charge in [0.25, 0.3) is 5.91 Å². The number of carbonyl (C=O) groups excluding carboxylic acids is 1. The second-order valence-electron chi connectivity index (χ2n) is 4.64. The quantitative estimate of drug-likeness (QED) is 0.774. The average molecular weight is 282 g/mol. The predicted molar refractivity (Wildman–Crippen MR) is 68.4 cm³/mol. The summed E-state index contributed by atoms with van der Waals surface area (Å²) in [6, 6.07) is 7.62. The van der Waals surface area contributed by atoms with E-state index in [9.17, 15) is 4.79 Å². The number of amides is 1. The first-order chi connectivity index (χ1) is 7.59. The summed E-state index contributed by atoms with van der Waals surface area (Å²) < 4.78 is 0.882. The Morgan fingerprint density at radius 3 is 2.38 bits per heavy atom. The zero-order valence-corrected chi connectivity index (χ0v) is 11.2. The van der Waals surface area contributed by atoms with E-state index in [0.717, 1.165) is 23.1 Å². The van der Waals surface area contributed by atoms with Gasteiger partial charge in [-0.1, -0.05) is 26.0 Å². The van der Waals surface area contributed by atoms with Gasteiger partial charge in [-0.25, -0.2) is 0 Å². The number of hydrogen-bond donors (Lipinski definition) is 0. The molecule has 2 rings (SSSR count). The normalized spacial score (nSPS) is 24.8. The van der Waals surface area contributed by atoms with Crippen LogP contribution in [0.3, 0.4) is 0 Å². The van der Waals surface area contributed by atoms with Gasteiger partial charge in [-0.05, 0) is 39.9 Å². The van der Waals surface area contributed by atoms with Crippen LogP contribution < -0.4 is 0 Å². The lowest BCUT2D eigenvalue weighted by Crippen LogP contribution is -2.29. The highest BCUT2D eigenvalue weighted by molar-refractivity contribution is 9.10. The Bertz CT molecular complexity index is 395. The van der Waals surface area contributed by atoms with Crippen molar-refractivity contribution in [1.82, 2.24) is 4.90 Å². The maximum absolute atomic E-state index is 12.3. The van der Waals surface area contributed by atoms with E-state index in [0.29, 0.717) is 11.8 Å². The molecule has 1 aliphatic rings. The number of hydrogen-bond acceptors (Lipinski definition) is 1. The minimum absolute atomic E-state index is 0.142. The smallest absolute Gasteiger partial charge is 0.255 e. The van der Waals surface area contributed by atoms with Gasteiger partial charge in [-0.15, -0.1) is 0 Å². The van der Waals surface area contributed by atoms with E-state index >= 15 is 0 Å². The number of likely N-dealkylation sites (tertiary alicyclic amines) is 1. The summed E-state index contributed by atoms with van der Waals surface area (Å²) in [5.74, 6) is 1.35. The number of benzene rings is 1. The molecule has 2 atom stereocenters. The summed E-state index contributed by atoms with van der Waals surface area (Å²) in [5, 5.41) is 0. The Morgan fingerprint density at radius 1 is 1.25 bits per heavy atom. The van der Waals surface area contributed by atoms with Crippen LogP contribution in [0.5, 0.6) is 0 Å². The van der Waals surface area contributed by atoms with Crippen molar-refractivity contribution in [2.45, 2.75) is 13.8 Å². The highest BCUT2D eigenvalue weighted by Gasteiger charge is 2.30. The van der Waals surface area contributed by atoms with E-state index in [1.165, 1.54) is 0 Å². The second-order valence-corrected chi connectivity index (χ2v) is 5.50. The lowest BCUT2D eigenvalue weighted by molar-refractivity contribution is 0.0784. The molecular formula is C13H16BrNO. The van der Waals surface area contributed by atoms with Crippen molar-refractivity contribution >= 4 is 21.8 Å². The lowest BCUT2D eigenvalue weighted by Gasteiger charge is -2.16.